The van der Waals surface area contributed by atoms with Gasteiger partial charge in [-0.2, -0.15) is 0 Å². The Labute approximate surface area is 352 Å². The van der Waals surface area contributed by atoms with Crippen molar-refractivity contribution in [3.05, 3.63) is 59.7 Å². The van der Waals surface area contributed by atoms with Crippen molar-refractivity contribution in [2.75, 3.05) is 13.2 Å². The second-order valence-electron chi connectivity index (χ2n) is 17.2. The number of fused-ring (bicyclic) bond motifs is 3. The summed E-state index contributed by atoms with van der Waals surface area (Å²) in [6.45, 7) is 33.2. The molecule has 10 heteroatoms. The van der Waals surface area contributed by atoms with E-state index in [0.717, 1.165) is 30.3 Å². The van der Waals surface area contributed by atoms with Crippen LogP contribution in [0.15, 0.2) is 48.5 Å². The summed E-state index contributed by atoms with van der Waals surface area (Å²) in [6, 6.07) is 18.1. The summed E-state index contributed by atoms with van der Waals surface area (Å²) in [4.78, 5) is 29.7. The van der Waals surface area contributed by atoms with E-state index in [-0.39, 0.29) is 25.2 Å². The van der Waals surface area contributed by atoms with Crippen LogP contribution in [-0.2, 0) is 9.47 Å². The summed E-state index contributed by atoms with van der Waals surface area (Å²) in [7, 11) is -3.69. The van der Waals surface area contributed by atoms with Crippen LogP contribution < -0.4 is 9.00 Å². The average molecular weight is 861 g/mol. The van der Waals surface area contributed by atoms with E-state index in [0.29, 0.717) is 44.4 Å². The highest BCUT2D eigenvalue weighted by Gasteiger charge is 2.47. The molecule has 0 spiro atoms. The minimum atomic E-state index is -1.85. The molecule has 6 aromatic rings. The van der Waals surface area contributed by atoms with Crippen LogP contribution in [0.2, 0.25) is 33.2 Å². The number of thiophene rings is 4. The molecule has 0 bridgehead atoms. The predicted octanol–water partition coefficient (Wildman–Crippen LogP) is 14.9. The molecular weight excluding hydrogens is 801 g/mol. The van der Waals surface area contributed by atoms with Crippen molar-refractivity contribution in [2.45, 2.75) is 130 Å². The summed E-state index contributed by atoms with van der Waals surface area (Å²) in [5.74, 6) is -0.712. The normalized spacial score (nSPS) is 13.0. The zero-order valence-electron chi connectivity index (χ0n) is 35.8. The molecule has 0 aliphatic heterocycles. The third-order valence-corrected chi connectivity index (χ3v) is 33.3. The molecule has 0 fully saturated rings. The van der Waals surface area contributed by atoms with E-state index in [1.807, 2.05) is 36.5 Å². The fourth-order valence-corrected chi connectivity index (χ4v) is 33.7. The molecule has 300 valence electrons. The molecule has 0 atom stereocenters. The number of hydrogen-bond acceptors (Lipinski definition) is 8. The van der Waals surface area contributed by atoms with Crippen molar-refractivity contribution in [1.82, 2.24) is 0 Å². The highest BCUT2D eigenvalue weighted by molar-refractivity contribution is 7.34. The average Bonchev–Trinajstić information content (AvgIpc) is 3.88. The second kappa shape index (κ2) is 16.6. The van der Waals surface area contributed by atoms with Gasteiger partial charge in [0.2, 0.25) is 0 Å². The molecule has 4 aromatic heterocycles. The summed E-state index contributed by atoms with van der Waals surface area (Å²) >= 11 is 6.90. The van der Waals surface area contributed by atoms with Crippen molar-refractivity contribution in [2.24, 2.45) is 0 Å². The van der Waals surface area contributed by atoms with E-state index in [4.69, 9.17) is 9.47 Å². The minimum Gasteiger partial charge on any atom is -0.462 e. The third kappa shape index (κ3) is 6.91. The summed E-state index contributed by atoms with van der Waals surface area (Å²) in [6.07, 6.45) is 0. The number of esters is 2. The Kier molecular flexibility index (Phi) is 12.7. The summed E-state index contributed by atoms with van der Waals surface area (Å²) in [5.41, 5.74) is 6.72. The Balaban J connectivity index is 1.55. The van der Waals surface area contributed by atoms with Crippen LogP contribution in [0, 0.1) is 0 Å². The van der Waals surface area contributed by atoms with Crippen molar-refractivity contribution in [3.8, 4) is 20.9 Å². The predicted molar refractivity (Wildman–Crippen MR) is 255 cm³/mol. The topological polar surface area (TPSA) is 52.6 Å². The molecule has 0 saturated carbocycles. The lowest BCUT2D eigenvalue weighted by molar-refractivity contribution is 0.0519. The van der Waals surface area contributed by atoms with E-state index in [2.05, 4.69) is 132 Å². The monoisotopic (exact) mass is 860 g/mol. The van der Waals surface area contributed by atoms with Gasteiger partial charge in [-0.15, -0.1) is 45.3 Å². The molecule has 6 rings (SSSR count). The molecule has 0 amide bonds. The molecule has 2 aromatic carbocycles. The first kappa shape index (κ1) is 43.0. The van der Waals surface area contributed by atoms with Gasteiger partial charge in [-0.05, 0) is 102 Å². The number of rotatable bonds is 14. The van der Waals surface area contributed by atoms with E-state index in [1.54, 1.807) is 9.00 Å². The van der Waals surface area contributed by atoms with Gasteiger partial charge in [-0.25, -0.2) is 9.59 Å². The Morgan fingerprint density at radius 1 is 0.500 bits per heavy atom. The first-order chi connectivity index (χ1) is 26.5. The summed E-state index contributed by atoms with van der Waals surface area (Å²) < 4.78 is 18.7. The zero-order chi connectivity index (χ0) is 41.0. The van der Waals surface area contributed by atoms with Crippen molar-refractivity contribution < 1.29 is 19.1 Å². The maximum atomic E-state index is 14.0. The van der Waals surface area contributed by atoms with E-state index in [1.165, 1.54) is 42.8 Å². The smallest absolute Gasteiger partial charge is 0.341 e. The Morgan fingerprint density at radius 2 is 0.821 bits per heavy atom. The molecule has 0 aliphatic carbocycles. The van der Waals surface area contributed by atoms with E-state index in [9.17, 15) is 9.59 Å². The lowest BCUT2D eigenvalue weighted by Crippen LogP contribution is -2.54. The SMILES string of the molecule is CCOC(=O)c1c(-c2ccc3cc([Si](C(C)C)(C(C)C)C(C)C)sc3c2)sc2c(C(=O)OCC)c(-c3ccc4cc([Si](C(C)C)(C(C)C)C(C)C)sc4c3)sc12. The van der Waals surface area contributed by atoms with E-state index >= 15 is 0 Å². The maximum Gasteiger partial charge on any atom is 0.341 e. The van der Waals surface area contributed by atoms with Crippen molar-refractivity contribution >= 4 is 112 Å². The number of hydrogen-bond donors (Lipinski definition) is 0. The highest BCUT2D eigenvalue weighted by atomic mass is 32.1. The van der Waals surface area contributed by atoms with Gasteiger partial charge in [-0.1, -0.05) is 107 Å². The van der Waals surface area contributed by atoms with Gasteiger partial charge in [0.05, 0.1) is 43.5 Å². The molecule has 0 N–H and O–H groups in total. The van der Waals surface area contributed by atoms with Gasteiger partial charge in [0.25, 0.3) is 0 Å². The third-order valence-electron chi connectivity index (χ3n) is 12.6. The van der Waals surface area contributed by atoms with Crippen molar-refractivity contribution in [1.29, 1.82) is 0 Å². The van der Waals surface area contributed by atoms with Crippen LogP contribution >= 0.6 is 45.3 Å². The Morgan fingerprint density at radius 3 is 1.11 bits per heavy atom. The Hall–Kier alpha value is -2.61. The van der Waals surface area contributed by atoms with Gasteiger partial charge >= 0.3 is 11.9 Å². The molecule has 0 unspecified atom stereocenters. The van der Waals surface area contributed by atoms with Crippen LogP contribution in [0.4, 0.5) is 0 Å². The fraction of sp³-hybridized carbons (Fsp3) is 0.478. The molecule has 4 nitrogen and oxygen atoms in total. The van der Waals surface area contributed by atoms with Gasteiger partial charge in [-0.3, -0.25) is 0 Å². The summed E-state index contributed by atoms with van der Waals surface area (Å²) in [5, 5.41) is 2.50. The number of carbonyl (C=O) groups is 2. The number of carbonyl (C=O) groups excluding carboxylic acids is 2. The van der Waals surface area contributed by atoms with Gasteiger partial charge in [0, 0.05) is 9.40 Å². The number of benzene rings is 2. The van der Waals surface area contributed by atoms with Gasteiger partial charge < -0.3 is 9.47 Å². The first-order valence-corrected chi connectivity index (χ1v) is 28.2. The van der Waals surface area contributed by atoms with E-state index < -0.39 is 16.1 Å². The lowest BCUT2D eigenvalue weighted by Gasteiger charge is -2.42. The Bertz CT molecular complexity index is 2180. The fourth-order valence-electron chi connectivity index (χ4n) is 10.6. The maximum absolute atomic E-state index is 14.0. The van der Waals surface area contributed by atoms with Gasteiger partial charge in [0.1, 0.15) is 16.1 Å². The molecule has 4 heterocycles. The van der Waals surface area contributed by atoms with Crippen LogP contribution in [0.1, 0.15) is 118 Å². The largest absolute Gasteiger partial charge is 0.462 e. The molecule has 0 radical (unpaired) electrons. The highest BCUT2D eigenvalue weighted by Crippen LogP contribution is 2.51. The van der Waals surface area contributed by atoms with Crippen molar-refractivity contribution in [3.63, 3.8) is 0 Å². The first-order valence-electron chi connectivity index (χ1n) is 20.5. The molecule has 0 aliphatic rings. The van der Waals surface area contributed by atoms with Crippen LogP contribution in [0.25, 0.3) is 50.5 Å². The lowest BCUT2D eigenvalue weighted by atomic mass is 10.1. The quantitative estimate of drug-likeness (QED) is 0.0809. The number of ether oxygens (including phenoxy) is 2. The molecular formula is C46H60O4S4Si2. The van der Waals surface area contributed by atoms with Gasteiger partial charge in [0.15, 0.2) is 0 Å². The van der Waals surface area contributed by atoms with Crippen LogP contribution in [0.5, 0.6) is 0 Å². The van der Waals surface area contributed by atoms with Crippen LogP contribution in [0.3, 0.4) is 0 Å². The minimum absolute atomic E-state index is 0.267. The molecule has 56 heavy (non-hydrogen) atoms. The second-order valence-corrected chi connectivity index (χ2v) is 33.9. The standard InChI is InChI=1S/C46H60O4S4Si2/c1-15-49-45(47)39-41(33-19-17-31-23-37(51-35(31)21-33)55(25(3)4,26(5)6)27(7)8)53-44-40(46(48)50-16-2)42(54-43(39)44)34-20-18-32-24-38(52-36(32)22-34)56(28(9)10,29(11)12)30(13)14/h17-30H,15-16H2,1-14H3. The zero-order valence-corrected chi connectivity index (χ0v) is 41.0. The van der Waals surface area contributed by atoms with Crippen LogP contribution in [-0.4, -0.2) is 41.3 Å². The molecule has 0 saturated heterocycles.